The molecule has 1 heterocycles. The molecule has 5 nitrogen and oxygen atoms in total. The summed E-state index contributed by atoms with van der Waals surface area (Å²) in [5.74, 6) is 0. The number of benzene rings is 1. The van der Waals surface area contributed by atoms with Crippen molar-refractivity contribution in [2.45, 2.75) is 19.9 Å². The average Bonchev–Trinajstić information content (AvgIpc) is 2.90. The van der Waals surface area contributed by atoms with Gasteiger partial charge in [0, 0.05) is 16.8 Å². The number of halogens is 1. The van der Waals surface area contributed by atoms with Gasteiger partial charge in [-0.15, -0.1) is 0 Å². The largest absolute Gasteiger partial charge is 0.310 e. The van der Waals surface area contributed by atoms with E-state index in [0.717, 1.165) is 12.1 Å². The van der Waals surface area contributed by atoms with Crippen LogP contribution in [0.4, 0.5) is 0 Å². The quantitative estimate of drug-likeness (QED) is 0.941. The van der Waals surface area contributed by atoms with Crippen LogP contribution in [0, 0.1) is 22.7 Å². The summed E-state index contributed by atoms with van der Waals surface area (Å²) in [6, 6.07) is 9.58. The van der Waals surface area contributed by atoms with Crippen LogP contribution in [0.3, 0.4) is 0 Å². The van der Waals surface area contributed by atoms with Gasteiger partial charge in [0.1, 0.15) is 18.5 Å². The summed E-state index contributed by atoms with van der Waals surface area (Å²) in [7, 11) is 0. The minimum absolute atomic E-state index is 0.110. The number of nitrogens with one attached hydrogen (secondary N) is 1. The molecule has 1 atom stereocenters. The van der Waals surface area contributed by atoms with Crippen LogP contribution in [0.2, 0.25) is 5.02 Å². The van der Waals surface area contributed by atoms with E-state index in [1.807, 2.05) is 38.1 Å². The molecule has 1 aromatic carbocycles. The first-order valence-electron chi connectivity index (χ1n) is 6.53. The fourth-order valence-corrected chi connectivity index (χ4v) is 2.50. The summed E-state index contributed by atoms with van der Waals surface area (Å²) in [5, 5.41) is 22.0. The van der Waals surface area contributed by atoms with Crippen molar-refractivity contribution in [1.82, 2.24) is 14.9 Å². The predicted octanol–water partition coefficient (Wildman–Crippen LogP) is 2.94. The van der Waals surface area contributed by atoms with E-state index in [9.17, 15) is 0 Å². The number of nitriles is 2. The van der Waals surface area contributed by atoms with Crippen molar-refractivity contribution in [2.24, 2.45) is 0 Å². The van der Waals surface area contributed by atoms with E-state index in [1.54, 1.807) is 10.6 Å². The highest BCUT2D eigenvalue weighted by Crippen LogP contribution is 2.26. The Bertz CT molecular complexity index is 735. The monoisotopic (exact) mass is 299 g/mol. The Labute approximate surface area is 128 Å². The molecule has 2 aromatic rings. The number of hydrogen-bond acceptors (Lipinski definition) is 4. The molecule has 6 heteroatoms. The van der Waals surface area contributed by atoms with Crippen molar-refractivity contribution in [2.75, 3.05) is 6.54 Å². The van der Waals surface area contributed by atoms with Gasteiger partial charge in [0.15, 0.2) is 11.4 Å². The maximum Gasteiger partial charge on any atom is 0.177 e. The zero-order chi connectivity index (χ0) is 15.4. The topological polar surface area (TPSA) is 77.4 Å². The summed E-state index contributed by atoms with van der Waals surface area (Å²) in [6.45, 7) is 4.92. The molecule has 0 fully saturated rings. The standard InChI is InChI=1S/C15H14ClN5/c1-3-19-10(2)12-5-4-11(6-13(12)16)21-9-20-14(7-17)15(21)8-18/h4-6,9-10,19H,3H2,1-2H3. The Hall–Kier alpha value is -2.34. The van der Waals surface area contributed by atoms with E-state index < -0.39 is 0 Å². The third-order valence-corrected chi connectivity index (χ3v) is 3.55. The van der Waals surface area contributed by atoms with Gasteiger partial charge in [-0.1, -0.05) is 24.6 Å². The first kappa shape index (κ1) is 15.1. The Balaban J connectivity index is 2.44. The molecule has 0 aliphatic heterocycles. The summed E-state index contributed by atoms with van der Waals surface area (Å²) < 4.78 is 1.56. The van der Waals surface area contributed by atoms with Crippen LogP contribution in [0.15, 0.2) is 24.5 Å². The van der Waals surface area contributed by atoms with Crippen LogP contribution in [0.1, 0.15) is 36.8 Å². The lowest BCUT2D eigenvalue weighted by atomic mass is 10.1. The molecule has 0 spiro atoms. The molecule has 21 heavy (non-hydrogen) atoms. The zero-order valence-corrected chi connectivity index (χ0v) is 12.5. The molecule has 1 aromatic heterocycles. The molecule has 1 unspecified atom stereocenters. The normalized spacial score (nSPS) is 11.7. The molecule has 0 saturated heterocycles. The van der Waals surface area contributed by atoms with Gasteiger partial charge in [-0.3, -0.25) is 4.57 Å². The van der Waals surface area contributed by atoms with E-state index in [2.05, 4.69) is 10.3 Å². The van der Waals surface area contributed by atoms with Crippen molar-refractivity contribution in [3.63, 3.8) is 0 Å². The molecule has 0 radical (unpaired) electrons. The third kappa shape index (κ3) is 2.90. The smallest absolute Gasteiger partial charge is 0.177 e. The van der Waals surface area contributed by atoms with E-state index >= 15 is 0 Å². The Morgan fingerprint density at radius 1 is 1.38 bits per heavy atom. The van der Waals surface area contributed by atoms with Gasteiger partial charge in [-0.25, -0.2) is 4.98 Å². The minimum Gasteiger partial charge on any atom is -0.310 e. The Kier molecular flexibility index (Phi) is 4.59. The fraction of sp³-hybridized carbons (Fsp3) is 0.267. The molecule has 0 bridgehead atoms. The lowest BCUT2D eigenvalue weighted by Gasteiger charge is -2.15. The van der Waals surface area contributed by atoms with Gasteiger partial charge >= 0.3 is 0 Å². The number of imidazole rings is 1. The third-order valence-electron chi connectivity index (χ3n) is 3.22. The van der Waals surface area contributed by atoms with Gasteiger partial charge in [-0.05, 0) is 31.2 Å². The van der Waals surface area contributed by atoms with Crippen LogP contribution in [0.5, 0.6) is 0 Å². The summed E-state index contributed by atoms with van der Waals surface area (Å²) in [6.07, 6.45) is 1.45. The number of aromatic nitrogens is 2. The van der Waals surface area contributed by atoms with Crippen molar-refractivity contribution in [3.8, 4) is 17.8 Å². The van der Waals surface area contributed by atoms with E-state index in [1.165, 1.54) is 6.33 Å². The molecule has 0 amide bonds. The number of rotatable bonds is 4. The summed E-state index contributed by atoms with van der Waals surface area (Å²) in [5.41, 5.74) is 2.01. The van der Waals surface area contributed by atoms with Gasteiger partial charge < -0.3 is 5.32 Å². The fourth-order valence-electron chi connectivity index (χ4n) is 2.17. The van der Waals surface area contributed by atoms with Crippen LogP contribution in [0.25, 0.3) is 5.69 Å². The van der Waals surface area contributed by atoms with E-state index in [-0.39, 0.29) is 17.4 Å². The van der Waals surface area contributed by atoms with Crippen LogP contribution in [-0.2, 0) is 0 Å². The highest BCUT2D eigenvalue weighted by Gasteiger charge is 2.14. The highest BCUT2D eigenvalue weighted by atomic mass is 35.5. The van der Waals surface area contributed by atoms with E-state index in [0.29, 0.717) is 10.7 Å². The first-order chi connectivity index (χ1) is 10.1. The molecule has 0 aliphatic rings. The van der Waals surface area contributed by atoms with E-state index in [4.69, 9.17) is 22.1 Å². The molecular weight excluding hydrogens is 286 g/mol. The van der Waals surface area contributed by atoms with Gasteiger partial charge in [0.2, 0.25) is 0 Å². The maximum atomic E-state index is 9.16. The van der Waals surface area contributed by atoms with Crippen molar-refractivity contribution in [1.29, 1.82) is 10.5 Å². The zero-order valence-electron chi connectivity index (χ0n) is 11.8. The minimum atomic E-state index is 0.110. The van der Waals surface area contributed by atoms with Crippen LogP contribution in [-0.4, -0.2) is 16.1 Å². The maximum absolute atomic E-state index is 9.16. The van der Waals surface area contributed by atoms with Gasteiger partial charge in [0.05, 0.1) is 0 Å². The lowest BCUT2D eigenvalue weighted by Crippen LogP contribution is -2.18. The SMILES string of the molecule is CCNC(C)c1ccc(-n2cnc(C#N)c2C#N)cc1Cl. The summed E-state index contributed by atoms with van der Waals surface area (Å²) >= 11 is 6.32. The molecular formula is C15H14ClN5. The van der Waals surface area contributed by atoms with Crippen molar-refractivity contribution in [3.05, 3.63) is 46.5 Å². The second-order valence-electron chi connectivity index (χ2n) is 4.52. The lowest BCUT2D eigenvalue weighted by molar-refractivity contribution is 0.598. The van der Waals surface area contributed by atoms with Gasteiger partial charge in [0.25, 0.3) is 0 Å². The van der Waals surface area contributed by atoms with Crippen molar-refractivity contribution >= 4 is 11.6 Å². The van der Waals surface area contributed by atoms with Gasteiger partial charge in [-0.2, -0.15) is 10.5 Å². The second-order valence-corrected chi connectivity index (χ2v) is 4.93. The van der Waals surface area contributed by atoms with Crippen LogP contribution >= 0.6 is 11.6 Å². The average molecular weight is 300 g/mol. The Morgan fingerprint density at radius 2 is 2.14 bits per heavy atom. The molecule has 0 saturated carbocycles. The first-order valence-corrected chi connectivity index (χ1v) is 6.90. The Morgan fingerprint density at radius 3 is 2.71 bits per heavy atom. The second kappa shape index (κ2) is 6.41. The molecule has 106 valence electrons. The summed E-state index contributed by atoms with van der Waals surface area (Å²) in [4.78, 5) is 3.92. The number of nitrogens with zero attached hydrogens (tertiary/aromatic N) is 4. The predicted molar refractivity (Wildman–Crippen MR) is 80.1 cm³/mol. The molecule has 0 aliphatic carbocycles. The van der Waals surface area contributed by atoms with Crippen molar-refractivity contribution < 1.29 is 0 Å². The molecule has 2 rings (SSSR count). The van der Waals surface area contributed by atoms with Crippen LogP contribution < -0.4 is 5.32 Å². The highest BCUT2D eigenvalue weighted by molar-refractivity contribution is 6.31. The molecule has 1 N–H and O–H groups in total. The number of hydrogen-bond donors (Lipinski definition) is 1.